The third-order valence-electron chi connectivity index (χ3n) is 2.63. The zero-order valence-electron chi connectivity index (χ0n) is 10.5. The van der Waals surface area contributed by atoms with Gasteiger partial charge >= 0.3 is 0 Å². The van der Waals surface area contributed by atoms with Gasteiger partial charge in [-0.25, -0.2) is 0 Å². The number of anilines is 1. The van der Waals surface area contributed by atoms with Gasteiger partial charge in [-0.3, -0.25) is 4.79 Å². The molecule has 1 aromatic rings. The van der Waals surface area contributed by atoms with E-state index in [4.69, 9.17) is 5.73 Å². The Morgan fingerprint density at radius 1 is 1.47 bits per heavy atom. The second-order valence-corrected chi connectivity index (χ2v) is 5.39. The molecule has 3 N–H and O–H groups in total. The van der Waals surface area contributed by atoms with Crippen molar-refractivity contribution in [3.63, 3.8) is 0 Å². The van der Waals surface area contributed by atoms with Gasteiger partial charge in [0.25, 0.3) is 0 Å². The van der Waals surface area contributed by atoms with Gasteiger partial charge in [-0.1, -0.05) is 13.0 Å². The highest BCUT2D eigenvalue weighted by molar-refractivity contribution is 9.10. The molecule has 0 heterocycles. The van der Waals surface area contributed by atoms with Crippen LogP contribution in [0.5, 0.6) is 0 Å². The summed E-state index contributed by atoms with van der Waals surface area (Å²) < 4.78 is 0.920. The molecule has 4 heteroatoms. The fourth-order valence-electron chi connectivity index (χ4n) is 1.66. The van der Waals surface area contributed by atoms with Crippen molar-refractivity contribution in [2.75, 3.05) is 11.9 Å². The van der Waals surface area contributed by atoms with Crippen LogP contribution >= 0.6 is 15.9 Å². The first kappa shape index (κ1) is 14.2. The van der Waals surface area contributed by atoms with E-state index in [-0.39, 0.29) is 11.8 Å². The van der Waals surface area contributed by atoms with Gasteiger partial charge in [0.1, 0.15) is 0 Å². The minimum absolute atomic E-state index is 0.00982. The molecule has 1 amide bonds. The molecular formula is C13H19BrN2O. The lowest BCUT2D eigenvalue weighted by Gasteiger charge is -2.13. The van der Waals surface area contributed by atoms with Crippen LogP contribution < -0.4 is 11.1 Å². The number of carbonyl (C=O) groups is 1. The quantitative estimate of drug-likeness (QED) is 0.898. The summed E-state index contributed by atoms with van der Waals surface area (Å²) in [5.74, 6) is 0.218. The monoisotopic (exact) mass is 298 g/mol. The highest BCUT2D eigenvalue weighted by Gasteiger charge is 2.11. The van der Waals surface area contributed by atoms with E-state index in [9.17, 15) is 4.79 Å². The molecule has 0 bridgehead atoms. The van der Waals surface area contributed by atoms with Crippen molar-refractivity contribution in [2.24, 2.45) is 11.7 Å². The molecular weight excluding hydrogens is 280 g/mol. The number of carbonyl (C=O) groups excluding carboxylic acids is 1. The Morgan fingerprint density at radius 2 is 2.12 bits per heavy atom. The molecule has 0 aliphatic carbocycles. The van der Waals surface area contributed by atoms with Crippen LogP contribution in [0, 0.1) is 19.8 Å². The number of amides is 1. The van der Waals surface area contributed by atoms with E-state index in [2.05, 4.69) is 21.2 Å². The van der Waals surface area contributed by atoms with Crippen LogP contribution in [-0.4, -0.2) is 12.5 Å². The number of nitrogens with two attached hydrogens (primary N) is 1. The van der Waals surface area contributed by atoms with Gasteiger partial charge in [0, 0.05) is 10.9 Å². The fraction of sp³-hybridized carbons (Fsp3) is 0.462. The van der Waals surface area contributed by atoms with Crippen LogP contribution in [0.15, 0.2) is 16.6 Å². The Kier molecular flexibility index (Phi) is 5.15. The molecule has 3 nitrogen and oxygen atoms in total. The van der Waals surface area contributed by atoms with Gasteiger partial charge < -0.3 is 11.1 Å². The predicted octanol–water partition coefficient (Wildman–Crippen LogP) is 2.99. The van der Waals surface area contributed by atoms with Crippen molar-refractivity contribution in [3.05, 3.63) is 27.7 Å². The lowest BCUT2D eigenvalue weighted by atomic mass is 10.1. The average Bonchev–Trinajstić information content (AvgIpc) is 2.23. The summed E-state index contributed by atoms with van der Waals surface area (Å²) in [6.07, 6.45) is 0.455. The predicted molar refractivity (Wildman–Crippen MR) is 75.1 cm³/mol. The molecule has 0 spiro atoms. The van der Waals surface area contributed by atoms with Crippen LogP contribution in [0.2, 0.25) is 0 Å². The summed E-state index contributed by atoms with van der Waals surface area (Å²) >= 11 is 3.47. The van der Waals surface area contributed by atoms with Crippen molar-refractivity contribution >= 4 is 27.5 Å². The number of nitrogens with one attached hydrogen (secondary N) is 1. The van der Waals surface area contributed by atoms with E-state index in [0.717, 1.165) is 15.7 Å². The molecule has 0 aliphatic heterocycles. The number of hydrogen-bond acceptors (Lipinski definition) is 2. The van der Waals surface area contributed by atoms with Crippen molar-refractivity contribution in [1.29, 1.82) is 0 Å². The van der Waals surface area contributed by atoms with Crippen LogP contribution in [-0.2, 0) is 4.79 Å². The van der Waals surface area contributed by atoms with E-state index >= 15 is 0 Å². The Bertz CT molecular complexity index is 395. The third-order valence-corrected chi connectivity index (χ3v) is 3.26. The molecule has 0 fully saturated rings. The number of hydrogen-bond donors (Lipinski definition) is 2. The second-order valence-electron chi connectivity index (χ2n) is 4.53. The van der Waals surface area contributed by atoms with Gasteiger partial charge in [-0.2, -0.15) is 0 Å². The minimum atomic E-state index is 0.00982. The zero-order valence-corrected chi connectivity index (χ0v) is 12.1. The number of halogens is 1. The Morgan fingerprint density at radius 3 is 2.65 bits per heavy atom. The van der Waals surface area contributed by atoms with Gasteiger partial charge in [0.2, 0.25) is 5.91 Å². The van der Waals surface area contributed by atoms with E-state index in [1.807, 2.05) is 32.9 Å². The van der Waals surface area contributed by atoms with Crippen molar-refractivity contribution < 1.29 is 4.79 Å². The second kappa shape index (κ2) is 6.17. The summed E-state index contributed by atoms with van der Waals surface area (Å²) in [6, 6.07) is 4.04. The molecule has 1 aromatic carbocycles. The summed E-state index contributed by atoms with van der Waals surface area (Å²) in [4.78, 5) is 11.8. The summed E-state index contributed by atoms with van der Waals surface area (Å²) in [5, 5.41) is 2.93. The number of rotatable bonds is 4. The smallest absolute Gasteiger partial charge is 0.224 e. The summed E-state index contributed by atoms with van der Waals surface area (Å²) in [5.41, 5.74) is 8.59. The third kappa shape index (κ3) is 4.13. The standard InChI is InChI=1S/C13H19BrN2O/c1-8-4-10(3)13(11(14)5-8)16-12(17)6-9(2)7-15/h4-5,9H,6-7,15H2,1-3H3,(H,16,17). The van der Waals surface area contributed by atoms with Crippen LogP contribution in [0.3, 0.4) is 0 Å². The maximum absolute atomic E-state index is 11.8. The van der Waals surface area contributed by atoms with E-state index in [1.165, 1.54) is 5.56 Å². The lowest BCUT2D eigenvalue weighted by molar-refractivity contribution is -0.116. The van der Waals surface area contributed by atoms with Gasteiger partial charge in [0.05, 0.1) is 5.69 Å². The molecule has 1 rings (SSSR count). The SMILES string of the molecule is Cc1cc(C)c(NC(=O)CC(C)CN)c(Br)c1. The van der Waals surface area contributed by atoms with Gasteiger partial charge in [0.15, 0.2) is 0 Å². The molecule has 0 saturated heterocycles. The molecule has 1 atom stereocenters. The maximum Gasteiger partial charge on any atom is 0.224 e. The van der Waals surface area contributed by atoms with Gasteiger partial charge in [-0.05, 0) is 59.4 Å². The topological polar surface area (TPSA) is 55.1 Å². The lowest BCUT2D eigenvalue weighted by Crippen LogP contribution is -2.20. The number of benzene rings is 1. The average molecular weight is 299 g/mol. The van der Waals surface area contributed by atoms with Crippen LogP contribution in [0.1, 0.15) is 24.5 Å². The molecule has 0 aliphatic rings. The maximum atomic E-state index is 11.8. The Labute approximate surface area is 111 Å². The summed E-state index contributed by atoms with van der Waals surface area (Å²) in [6.45, 7) is 6.51. The van der Waals surface area contributed by atoms with Crippen LogP contribution in [0.4, 0.5) is 5.69 Å². The summed E-state index contributed by atoms with van der Waals surface area (Å²) in [7, 11) is 0. The molecule has 94 valence electrons. The fourth-order valence-corrected chi connectivity index (χ4v) is 2.44. The molecule has 0 saturated carbocycles. The zero-order chi connectivity index (χ0) is 13.0. The Hall–Kier alpha value is -0.870. The highest BCUT2D eigenvalue weighted by atomic mass is 79.9. The first-order valence-electron chi connectivity index (χ1n) is 5.70. The van der Waals surface area contributed by atoms with E-state index in [1.54, 1.807) is 0 Å². The van der Waals surface area contributed by atoms with Crippen molar-refractivity contribution in [2.45, 2.75) is 27.2 Å². The molecule has 17 heavy (non-hydrogen) atoms. The normalized spacial score (nSPS) is 12.3. The first-order valence-corrected chi connectivity index (χ1v) is 6.50. The van der Waals surface area contributed by atoms with Crippen molar-refractivity contribution in [3.8, 4) is 0 Å². The van der Waals surface area contributed by atoms with E-state index in [0.29, 0.717) is 13.0 Å². The minimum Gasteiger partial charge on any atom is -0.330 e. The van der Waals surface area contributed by atoms with Crippen molar-refractivity contribution in [1.82, 2.24) is 0 Å². The van der Waals surface area contributed by atoms with Crippen LogP contribution in [0.25, 0.3) is 0 Å². The van der Waals surface area contributed by atoms with E-state index < -0.39 is 0 Å². The highest BCUT2D eigenvalue weighted by Crippen LogP contribution is 2.28. The molecule has 1 unspecified atom stereocenters. The molecule has 0 aromatic heterocycles. The Balaban J connectivity index is 2.78. The molecule has 0 radical (unpaired) electrons. The van der Waals surface area contributed by atoms with Gasteiger partial charge in [-0.15, -0.1) is 0 Å². The largest absolute Gasteiger partial charge is 0.330 e. The number of aryl methyl sites for hydroxylation is 2. The first-order chi connectivity index (χ1) is 7.93.